The number of anilines is 1. The number of aromatic nitrogens is 2. The molecule has 41 heavy (non-hydrogen) atoms. The Morgan fingerprint density at radius 1 is 1.07 bits per heavy atom. The van der Waals surface area contributed by atoms with Crippen LogP contribution in [0.4, 0.5) is 15.2 Å². The molecule has 3 aromatic carbocycles. The Bertz CT molecular complexity index is 1640. The number of ether oxygens (including phenoxy) is 1. The van der Waals surface area contributed by atoms with Gasteiger partial charge in [-0.1, -0.05) is 35.2 Å². The first-order valence-corrected chi connectivity index (χ1v) is 14.1. The predicted octanol–water partition coefficient (Wildman–Crippen LogP) is 5.90. The maximum Gasteiger partial charge on any atom is 0.301 e. The molecule has 5 rings (SSSR count). The zero-order valence-electron chi connectivity index (χ0n) is 21.4. The highest BCUT2D eigenvalue weighted by molar-refractivity contribution is 8.00. The van der Waals surface area contributed by atoms with Crippen LogP contribution in [0.2, 0.25) is 0 Å². The standard InChI is InChI=1S/C28H21FN4O6S2/c1-2-39-21-13-7-18(8-14-21)24(34)22-23(17-5-11-20(12-6-17)33(37)38)32(26(36)25(22)35)27-30-31-28(41-27)40-15-16-3-9-19(29)10-4-16/h3-14,23,34H,2,15H2,1H3/b24-22-. The first kappa shape index (κ1) is 27.9. The molecule has 1 aliphatic rings. The van der Waals surface area contributed by atoms with Crippen LogP contribution in [0, 0.1) is 15.9 Å². The number of hydrogen-bond donors (Lipinski definition) is 1. The van der Waals surface area contributed by atoms with Gasteiger partial charge in [0.05, 0.1) is 23.1 Å². The summed E-state index contributed by atoms with van der Waals surface area (Å²) < 4.78 is 19.2. The lowest BCUT2D eigenvalue weighted by atomic mass is 9.95. The molecule has 1 amide bonds. The number of rotatable bonds is 9. The lowest BCUT2D eigenvalue weighted by molar-refractivity contribution is -0.384. The summed E-state index contributed by atoms with van der Waals surface area (Å²) in [4.78, 5) is 38.5. The van der Waals surface area contributed by atoms with Crippen LogP contribution in [0.5, 0.6) is 5.75 Å². The molecular weight excluding hydrogens is 571 g/mol. The van der Waals surface area contributed by atoms with Crippen LogP contribution < -0.4 is 9.64 Å². The van der Waals surface area contributed by atoms with Crippen LogP contribution in [0.3, 0.4) is 0 Å². The summed E-state index contributed by atoms with van der Waals surface area (Å²) >= 11 is 2.40. The molecule has 0 saturated carbocycles. The number of thioether (sulfide) groups is 1. The molecule has 0 bridgehead atoms. The van der Waals surface area contributed by atoms with Crippen LogP contribution in [-0.4, -0.2) is 38.5 Å². The summed E-state index contributed by atoms with van der Waals surface area (Å²) in [5.41, 5.74) is 1.13. The van der Waals surface area contributed by atoms with E-state index in [1.165, 1.54) is 48.2 Å². The van der Waals surface area contributed by atoms with Crippen molar-refractivity contribution < 1.29 is 28.7 Å². The maximum atomic E-state index is 13.4. The number of carbonyl (C=O) groups excluding carboxylic acids is 2. The third-order valence-electron chi connectivity index (χ3n) is 6.18. The van der Waals surface area contributed by atoms with Gasteiger partial charge in [0.1, 0.15) is 17.3 Å². The van der Waals surface area contributed by atoms with Crippen LogP contribution >= 0.6 is 23.1 Å². The van der Waals surface area contributed by atoms with E-state index in [0.717, 1.165) is 21.8 Å². The highest BCUT2D eigenvalue weighted by atomic mass is 32.2. The smallest absolute Gasteiger partial charge is 0.301 e. The molecule has 4 aromatic rings. The monoisotopic (exact) mass is 592 g/mol. The molecule has 0 radical (unpaired) electrons. The average molecular weight is 593 g/mol. The molecule has 1 atom stereocenters. The first-order chi connectivity index (χ1) is 19.8. The minimum absolute atomic E-state index is 0.114. The number of non-ortho nitro benzene ring substituents is 1. The third kappa shape index (κ3) is 5.81. The molecular formula is C28H21FN4O6S2. The quantitative estimate of drug-likeness (QED) is 0.0479. The summed E-state index contributed by atoms with van der Waals surface area (Å²) in [6.07, 6.45) is 0. The molecule has 208 valence electrons. The van der Waals surface area contributed by atoms with Gasteiger partial charge in [0, 0.05) is 23.4 Å². The van der Waals surface area contributed by atoms with E-state index in [2.05, 4.69) is 10.2 Å². The van der Waals surface area contributed by atoms with Crippen molar-refractivity contribution in [1.29, 1.82) is 0 Å². The van der Waals surface area contributed by atoms with Gasteiger partial charge in [0.15, 0.2) is 4.34 Å². The molecule has 1 N–H and O–H groups in total. The minimum atomic E-state index is -1.12. The van der Waals surface area contributed by atoms with E-state index in [-0.39, 0.29) is 27.8 Å². The molecule has 1 aliphatic heterocycles. The van der Waals surface area contributed by atoms with Gasteiger partial charge in [0.2, 0.25) is 5.13 Å². The zero-order chi connectivity index (χ0) is 29.1. The van der Waals surface area contributed by atoms with Gasteiger partial charge in [-0.25, -0.2) is 4.39 Å². The third-order valence-corrected chi connectivity index (χ3v) is 8.31. The van der Waals surface area contributed by atoms with Crippen molar-refractivity contribution in [2.45, 2.75) is 23.1 Å². The number of ketones is 1. The fraction of sp³-hybridized carbons (Fsp3) is 0.143. The Balaban J connectivity index is 1.53. The van der Waals surface area contributed by atoms with E-state index in [4.69, 9.17) is 4.74 Å². The number of aliphatic hydroxyl groups excluding tert-OH is 1. The maximum absolute atomic E-state index is 13.4. The number of Topliss-reactive ketones (excluding diaryl/α,β-unsaturated/α-hetero) is 1. The number of nitro benzene ring substituents is 1. The molecule has 1 saturated heterocycles. The molecule has 0 aliphatic carbocycles. The number of carbonyl (C=O) groups is 2. The van der Waals surface area contributed by atoms with Crippen molar-refractivity contribution in [1.82, 2.24) is 10.2 Å². The van der Waals surface area contributed by atoms with Gasteiger partial charge >= 0.3 is 5.91 Å². The Hall–Kier alpha value is -4.62. The first-order valence-electron chi connectivity index (χ1n) is 12.3. The zero-order valence-corrected chi connectivity index (χ0v) is 23.0. The van der Waals surface area contributed by atoms with Gasteiger partial charge in [-0.15, -0.1) is 10.2 Å². The highest BCUT2D eigenvalue weighted by Crippen LogP contribution is 2.44. The van der Waals surface area contributed by atoms with Gasteiger partial charge < -0.3 is 9.84 Å². The molecule has 13 heteroatoms. The second-order valence-corrected chi connectivity index (χ2v) is 10.9. The number of amides is 1. The van der Waals surface area contributed by atoms with E-state index in [1.54, 1.807) is 36.4 Å². The summed E-state index contributed by atoms with van der Waals surface area (Å²) in [7, 11) is 0. The Morgan fingerprint density at radius 2 is 1.76 bits per heavy atom. The van der Waals surface area contributed by atoms with Crippen molar-refractivity contribution in [3.8, 4) is 5.75 Å². The molecule has 2 heterocycles. The molecule has 1 unspecified atom stereocenters. The summed E-state index contributed by atoms with van der Waals surface area (Å²) in [5.74, 6) is -1.58. The number of hydrogen-bond acceptors (Lipinski definition) is 10. The second kappa shape index (κ2) is 11.9. The van der Waals surface area contributed by atoms with Gasteiger partial charge in [-0.05, 0) is 66.6 Å². The van der Waals surface area contributed by atoms with Crippen molar-refractivity contribution in [2.24, 2.45) is 0 Å². The second-order valence-electron chi connectivity index (χ2n) is 8.74. The largest absolute Gasteiger partial charge is 0.507 e. The van der Waals surface area contributed by atoms with E-state index in [9.17, 15) is 29.2 Å². The van der Waals surface area contributed by atoms with Crippen LogP contribution in [0.15, 0.2) is 82.7 Å². The Labute approximate surface area is 241 Å². The lowest BCUT2D eigenvalue weighted by Gasteiger charge is -2.22. The van der Waals surface area contributed by atoms with Gasteiger partial charge in [-0.3, -0.25) is 24.6 Å². The van der Waals surface area contributed by atoms with E-state index in [1.807, 2.05) is 6.92 Å². The number of aliphatic hydroxyl groups is 1. The van der Waals surface area contributed by atoms with Crippen LogP contribution in [-0.2, 0) is 15.3 Å². The molecule has 1 fully saturated rings. The number of halogens is 1. The van der Waals surface area contributed by atoms with E-state index in [0.29, 0.717) is 28.0 Å². The average Bonchev–Trinajstić information content (AvgIpc) is 3.55. The normalized spacial score (nSPS) is 16.2. The minimum Gasteiger partial charge on any atom is -0.507 e. The fourth-order valence-corrected chi connectivity index (χ4v) is 6.06. The lowest BCUT2D eigenvalue weighted by Crippen LogP contribution is -2.29. The Morgan fingerprint density at radius 3 is 2.39 bits per heavy atom. The topological polar surface area (TPSA) is 136 Å². The fourth-order valence-electron chi connectivity index (χ4n) is 4.24. The van der Waals surface area contributed by atoms with Crippen molar-refractivity contribution in [3.05, 3.63) is 111 Å². The summed E-state index contributed by atoms with van der Waals surface area (Å²) in [6.45, 7) is 2.28. The van der Waals surface area contributed by atoms with Crippen molar-refractivity contribution in [2.75, 3.05) is 11.5 Å². The van der Waals surface area contributed by atoms with Crippen molar-refractivity contribution >= 4 is 51.4 Å². The number of nitrogens with zero attached hydrogens (tertiary/aromatic N) is 4. The number of nitro groups is 1. The van der Waals surface area contributed by atoms with E-state index >= 15 is 0 Å². The Kier molecular flexibility index (Phi) is 8.08. The molecule has 1 aromatic heterocycles. The SMILES string of the molecule is CCOc1ccc(/C(O)=C2/C(=O)C(=O)N(c3nnc(SCc4ccc(F)cc4)s3)C2c2ccc([N+](=O)[O-])cc2)cc1. The van der Waals surface area contributed by atoms with Crippen LogP contribution in [0.1, 0.15) is 29.7 Å². The van der Waals surface area contributed by atoms with Crippen LogP contribution in [0.25, 0.3) is 5.76 Å². The van der Waals surface area contributed by atoms with Gasteiger partial charge in [0.25, 0.3) is 11.5 Å². The van der Waals surface area contributed by atoms with Crippen molar-refractivity contribution in [3.63, 3.8) is 0 Å². The highest BCUT2D eigenvalue weighted by Gasteiger charge is 2.48. The predicted molar refractivity (Wildman–Crippen MR) is 151 cm³/mol. The number of benzene rings is 3. The molecule has 10 nitrogen and oxygen atoms in total. The summed E-state index contributed by atoms with van der Waals surface area (Å²) in [5, 5.41) is 30.9. The summed E-state index contributed by atoms with van der Waals surface area (Å²) in [6, 6.07) is 16.7. The van der Waals surface area contributed by atoms with E-state index < -0.39 is 28.4 Å². The molecule has 0 spiro atoms. The van der Waals surface area contributed by atoms with Gasteiger partial charge in [-0.2, -0.15) is 0 Å².